The van der Waals surface area contributed by atoms with Crippen LogP contribution in [0.2, 0.25) is 0 Å². The Balaban J connectivity index is 1.47. The van der Waals surface area contributed by atoms with Gasteiger partial charge in [0.15, 0.2) is 5.82 Å². The Morgan fingerprint density at radius 1 is 1.03 bits per heavy atom. The molecule has 39 heavy (non-hydrogen) atoms. The van der Waals surface area contributed by atoms with Gasteiger partial charge in [-0.1, -0.05) is 0 Å². The number of H-pyrrole nitrogens is 1. The van der Waals surface area contributed by atoms with Crippen LogP contribution in [0.4, 0.5) is 36.4 Å². The number of anilines is 1. The highest BCUT2D eigenvalue weighted by Gasteiger charge is 2.37. The molecule has 16 heteroatoms. The first-order valence-electron chi connectivity index (χ1n) is 11.1. The van der Waals surface area contributed by atoms with Crippen LogP contribution < -0.4 is 16.5 Å². The van der Waals surface area contributed by atoms with Crippen molar-refractivity contribution in [2.45, 2.75) is 25.3 Å². The lowest BCUT2D eigenvalue weighted by Gasteiger charge is -2.21. The Labute approximate surface area is 213 Å². The molecule has 1 aromatic carbocycles. The summed E-state index contributed by atoms with van der Waals surface area (Å²) in [6, 6.07) is 3.70. The molecule has 3 heterocycles. The van der Waals surface area contributed by atoms with Crippen LogP contribution in [0.3, 0.4) is 0 Å². The van der Waals surface area contributed by atoms with Crippen molar-refractivity contribution in [2.75, 3.05) is 19.0 Å². The number of pyridine rings is 1. The second-order valence-electron chi connectivity index (χ2n) is 8.40. The van der Waals surface area contributed by atoms with E-state index in [4.69, 9.17) is 0 Å². The number of aromatic nitrogens is 5. The molecule has 0 radical (unpaired) electrons. The summed E-state index contributed by atoms with van der Waals surface area (Å²) >= 11 is 0. The topological polar surface area (TPSA) is 109 Å². The zero-order valence-electron chi connectivity index (χ0n) is 19.9. The standard InChI is InChI=1S/C23H18F7N7O2/c1-36(35-17-11-33-34-20(38)18(17)23(28,29)30)4-2-5-37-6-3-12-7-15(16(24)8-14(12)21(37)39)19-31-9-13(10-32-19)22(25,26)27/h3,6-11H,2,4-5H2,1H3,(H2,34,35,38). The van der Waals surface area contributed by atoms with Crippen molar-refractivity contribution in [1.82, 2.24) is 29.7 Å². The summed E-state index contributed by atoms with van der Waals surface area (Å²) in [5.41, 5.74) is -2.76. The van der Waals surface area contributed by atoms with Gasteiger partial charge in [-0.25, -0.2) is 24.5 Å². The monoisotopic (exact) mass is 557 g/mol. The fourth-order valence-electron chi connectivity index (χ4n) is 3.77. The van der Waals surface area contributed by atoms with Crippen molar-refractivity contribution in [1.29, 1.82) is 0 Å². The van der Waals surface area contributed by atoms with Crippen LogP contribution in [0, 0.1) is 5.82 Å². The first-order valence-corrected chi connectivity index (χ1v) is 11.1. The third-order valence-corrected chi connectivity index (χ3v) is 5.63. The van der Waals surface area contributed by atoms with Crippen molar-refractivity contribution in [2.24, 2.45) is 0 Å². The summed E-state index contributed by atoms with van der Waals surface area (Å²) in [6.07, 6.45) is -5.97. The van der Waals surface area contributed by atoms with Gasteiger partial charge in [-0.15, -0.1) is 0 Å². The number of alkyl halides is 6. The second-order valence-corrected chi connectivity index (χ2v) is 8.40. The van der Waals surface area contributed by atoms with E-state index in [1.807, 2.05) is 0 Å². The number of hydrogen-bond acceptors (Lipinski definition) is 7. The molecule has 0 unspecified atom stereocenters. The van der Waals surface area contributed by atoms with Crippen molar-refractivity contribution in [3.8, 4) is 11.4 Å². The molecule has 0 bridgehead atoms. The third-order valence-electron chi connectivity index (χ3n) is 5.63. The highest BCUT2D eigenvalue weighted by atomic mass is 19.4. The van der Waals surface area contributed by atoms with Gasteiger partial charge in [0.1, 0.15) is 11.4 Å². The predicted molar refractivity (Wildman–Crippen MR) is 125 cm³/mol. The number of rotatable bonds is 7. The maximum atomic E-state index is 14.8. The molecule has 0 fully saturated rings. The number of aryl methyl sites for hydroxylation is 1. The zero-order valence-corrected chi connectivity index (χ0v) is 19.9. The van der Waals surface area contributed by atoms with Gasteiger partial charge in [-0.3, -0.25) is 9.59 Å². The van der Waals surface area contributed by atoms with Crippen molar-refractivity contribution >= 4 is 16.5 Å². The fraction of sp³-hybridized carbons (Fsp3) is 0.261. The van der Waals surface area contributed by atoms with Crippen LogP contribution in [0.5, 0.6) is 0 Å². The van der Waals surface area contributed by atoms with E-state index in [1.165, 1.54) is 35.0 Å². The maximum absolute atomic E-state index is 14.8. The quantitative estimate of drug-likeness (QED) is 0.261. The van der Waals surface area contributed by atoms with Crippen LogP contribution in [0.1, 0.15) is 17.5 Å². The number of nitrogens with one attached hydrogen (secondary N) is 2. The van der Waals surface area contributed by atoms with Gasteiger partial charge in [0.2, 0.25) is 0 Å². The average Bonchev–Trinajstić information content (AvgIpc) is 2.84. The Kier molecular flexibility index (Phi) is 7.41. The minimum Gasteiger partial charge on any atom is -0.317 e. The Hall–Kier alpha value is -4.34. The SMILES string of the molecule is CN(CCCn1ccc2cc(-c3ncc(C(F)(F)F)cn3)c(F)cc2c1=O)Nc1cn[nH]c(=O)c1C(F)(F)F. The molecule has 0 amide bonds. The number of fused-ring (bicyclic) bond motifs is 1. The molecule has 0 atom stereocenters. The molecule has 0 aliphatic carbocycles. The van der Waals surface area contributed by atoms with Gasteiger partial charge in [0.25, 0.3) is 11.1 Å². The molecule has 4 rings (SSSR count). The maximum Gasteiger partial charge on any atom is 0.423 e. The zero-order chi connectivity index (χ0) is 28.5. The lowest BCUT2D eigenvalue weighted by Crippen LogP contribution is -2.32. The number of benzene rings is 1. The van der Waals surface area contributed by atoms with Crippen molar-refractivity contribution < 1.29 is 30.7 Å². The summed E-state index contributed by atoms with van der Waals surface area (Å²) in [4.78, 5) is 31.6. The summed E-state index contributed by atoms with van der Waals surface area (Å²) < 4.78 is 93.9. The van der Waals surface area contributed by atoms with Crippen LogP contribution in [0.15, 0.2) is 52.6 Å². The van der Waals surface area contributed by atoms with Gasteiger partial charge in [-0.05, 0) is 30.0 Å². The number of halogens is 7. The minimum absolute atomic E-state index is 0.00143. The van der Waals surface area contributed by atoms with E-state index < -0.39 is 46.1 Å². The van der Waals surface area contributed by atoms with E-state index in [-0.39, 0.29) is 36.3 Å². The van der Waals surface area contributed by atoms with Crippen LogP contribution in [-0.4, -0.2) is 43.3 Å². The van der Waals surface area contributed by atoms with E-state index in [2.05, 4.69) is 20.5 Å². The van der Waals surface area contributed by atoms with Gasteiger partial charge >= 0.3 is 12.4 Å². The Morgan fingerprint density at radius 3 is 2.36 bits per heavy atom. The summed E-state index contributed by atoms with van der Waals surface area (Å²) in [5, 5.41) is 6.69. The molecule has 2 N–H and O–H groups in total. The first kappa shape index (κ1) is 27.7. The minimum atomic E-state index is -4.91. The van der Waals surface area contributed by atoms with Crippen molar-refractivity contribution in [3.63, 3.8) is 0 Å². The molecular weight excluding hydrogens is 539 g/mol. The van der Waals surface area contributed by atoms with Crippen LogP contribution in [-0.2, 0) is 18.9 Å². The molecular formula is C23H18F7N7O2. The summed E-state index contributed by atoms with van der Waals surface area (Å²) in [5.74, 6) is -1.20. The number of aromatic amines is 1. The normalized spacial score (nSPS) is 12.3. The van der Waals surface area contributed by atoms with Crippen LogP contribution in [0.25, 0.3) is 22.2 Å². The first-order chi connectivity index (χ1) is 18.3. The summed E-state index contributed by atoms with van der Waals surface area (Å²) in [6.45, 7) is 0.263. The molecule has 0 aliphatic rings. The number of nitrogens with zero attached hydrogens (tertiary/aromatic N) is 5. The van der Waals surface area contributed by atoms with E-state index in [0.29, 0.717) is 17.8 Å². The van der Waals surface area contributed by atoms with Gasteiger partial charge in [0, 0.05) is 38.7 Å². The molecule has 4 aromatic rings. The Morgan fingerprint density at radius 2 is 1.72 bits per heavy atom. The largest absolute Gasteiger partial charge is 0.423 e. The van der Waals surface area contributed by atoms with Crippen molar-refractivity contribution in [3.05, 3.63) is 80.6 Å². The predicted octanol–water partition coefficient (Wildman–Crippen LogP) is 4.07. The average molecular weight is 557 g/mol. The smallest absolute Gasteiger partial charge is 0.317 e. The van der Waals surface area contributed by atoms with Crippen LogP contribution >= 0.6 is 0 Å². The number of hydrogen-bond donors (Lipinski definition) is 2. The molecule has 9 nitrogen and oxygen atoms in total. The fourth-order valence-corrected chi connectivity index (χ4v) is 3.77. The highest BCUT2D eigenvalue weighted by molar-refractivity contribution is 5.85. The van der Waals surface area contributed by atoms with E-state index in [1.54, 1.807) is 5.10 Å². The molecule has 0 saturated heterocycles. The lowest BCUT2D eigenvalue weighted by atomic mass is 10.1. The lowest BCUT2D eigenvalue weighted by molar-refractivity contribution is -0.139. The second kappa shape index (κ2) is 10.4. The van der Waals surface area contributed by atoms with E-state index >= 15 is 0 Å². The van der Waals surface area contributed by atoms with E-state index in [0.717, 1.165) is 12.3 Å². The van der Waals surface area contributed by atoms with Gasteiger partial charge < -0.3 is 9.99 Å². The Bertz CT molecular complexity index is 1610. The van der Waals surface area contributed by atoms with Gasteiger partial charge in [0.05, 0.1) is 28.4 Å². The molecule has 0 spiro atoms. The van der Waals surface area contributed by atoms with E-state index in [9.17, 15) is 40.3 Å². The molecule has 0 saturated carbocycles. The highest BCUT2D eigenvalue weighted by Crippen LogP contribution is 2.32. The summed E-state index contributed by atoms with van der Waals surface area (Å²) in [7, 11) is 1.44. The molecule has 3 aromatic heterocycles. The molecule has 0 aliphatic heterocycles. The third kappa shape index (κ3) is 6.05. The molecule has 206 valence electrons. The van der Waals surface area contributed by atoms with Gasteiger partial charge in [-0.2, -0.15) is 31.4 Å². The number of hydrazine groups is 1.